The summed E-state index contributed by atoms with van der Waals surface area (Å²) in [6.45, 7) is 3.49. The molecule has 0 fully saturated rings. The molecule has 0 aliphatic carbocycles. The van der Waals surface area contributed by atoms with Gasteiger partial charge in [0.2, 0.25) is 17.7 Å². The van der Waals surface area contributed by atoms with Crippen LogP contribution < -0.4 is 16.0 Å². The Balaban J connectivity index is 1.51. The third-order valence-electron chi connectivity index (χ3n) is 4.30. The highest BCUT2D eigenvalue weighted by molar-refractivity contribution is 8.01. The van der Waals surface area contributed by atoms with Crippen molar-refractivity contribution in [2.75, 3.05) is 17.2 Å². The zero-order chi connectivity index (χ0) is 19.6. The van der Waals surface area contributed by atoms with E-state index in [0.717, 1.165) is 16.3 Å². The summed E-state index contributed by atoms with van der Waals surface area (Å²) in [6, 6.07) is 7.45. The molecule has 3 amide bonds. The highest BCUT2D eigenvalue weighted by Gasteiger charge is 2.28. The van der Waals surface area contributed by atoms with Gasteiger partial charge in [-0.05, 0) is 26.0 Å². The van der Waals surface area contributed by atoms with Gasteiger partial charge in [-0.2, -0.15) is 5.10 Å². The second-order valence-corrected chi connectivity index (χ2v) is 7.53. The number of amides is 3. The largest absolute Gasteiger partial charge is 0.347 e. The molecule has 8 nitrogen and oxygen atoms in total. The van der Waals surface area contributed by atoms with Crippen molar-refractivity contribution in [2.45, 2.75) is 30.4 Å². The van der Waals surface area contributed by atoms with Crippen molar-refractivity contribution in [1.29, 1.82) is 0 Å². The van der Waals surface area contributed by atoms with Crippen LogP contribution in [-0.2, 0) is 21.4 Å². The molecule has 2 aromatic rings. The fraction of sp³-hybridized carbons (Fsp3) is 0.333. The molecule has 0 unspecified atom stereocenters. The van der Waals surface area contributed by atoms with Crippen molar-refractivity contribution >= 4 is 40.9 Å². The number of nitrogens with zero attached hydrogens (tertiary/aromatic N) is 2. The lowest BCUT2D eigenvalue weighted by molar-refractivity contribution is -0.125. The molecule has 3 rings (SSSR count). The molecule has 0 saturated heterocycles. The number of para-hydroxylation sites is 1. The van der Waals surface area contributed by atoms with Crippen molar-refractivity contribution in [3.63, 3.8) is 0 Å². The van der Waals surface area contributed by atoms with Gasteiger partial charge in [0.15, 0.2) is 0 Å². The maximum atomic E-state index is 12.2. The zero-order valence-corrected chi connectivity index (χ0v) is 16.1. The Morgan fingerprint density at radius 3 is 2.70 bits per heavy atom. The molecule has 1 atom stereocenters. The molecule has 2 heterocycles. The summed E-state index contributed by atoms with van der Waals surface area (Å²) >= 11 is 1.35. The molecule has 9 heteroatoms. The molecule has 27 heavy (non-hydrogen) atoms. The molecule has 142 valence electrons. The van der Waals surface area contributed by atoms with Crippen molar-refractivity contribution < 1.29 is 14.4 Å². The summed E-state index contributed by atoms with van der Waals surface area (Å²) in [4.78, 5) is 37.3. The number of aromatic nitrogens is 2. The normalized spacial score (nSPS) is 15.7. The minimum Gasteiger partial charge on any atom is -0.347 e. The number of thioether (sulfide) groups is 1. The monoisotopic (exact) mass is 387 g/mol. The van der Waals surface area contributed by atoms with Crippen molar-refractivity contribution in [3.05, 3.63) is 35.7 Å². The van der Waals surface area contributed by atoms with Gasteiger partial charge in [0.25, 0.3) is 0 Å². The maximum Gasteiger partial charge on any atom is 0.243 e. The van der Waals surface area contributed by atoms with Crippen LogP contribution in [0, 0.1) is 13.8 Å². The molecular weight excluding hydrogens is 366 g/mol. The third kappa shape index (κ3) is 4.30. The van der Waals surface area contributed by atoms with Crippen LogP contribution in [0.2, 0.25) is 0 Å². The van der Waals surface area contributed by atoms with E-state index in [1.165, 1.54) is 11.8 Å². The Hall–Kier alpha value is -2.81. The average molecular weight is 387 g/mol. The van der Waals surface area contributed by atoms with Crippen LogP contribution in [0.3, 0.4) is 0 Å². The van der Waals surface area contributed by atoms with Crippen LogP contribution in [0.15, 0.2) is 29.2 Å². The molecule has 0 saturated carbocycles. The number of fused-ring (bicyclic) bond motifs is 1. The molecule has 1 aromatic carbocycles. The molecule has 0 bridgehead atoms. The van der Waals surface area contributed by atoms with E-state index in [0.29, 0.717) is 11.4 Å². The first-order valence-electron chi connectivity index (χ1n) is 8.48. The van der Waals surface area contributed by atoms with E-state index >= 15 is 0 Å². The van der Waals surface area contributed by atoms with E-state index in [9.17, 15) is 14.4 Å². The molecule has 1 aliphatic heterocycles. The lowest BCUT2D eigenvalue weighted by Crippen LogP contribution is -2.38. The van der Waals surface area contributed by atoms with E-state index in [2.05, 4.69) is 21.0 Å². The van der Waals surface area contributed by atoms with Gasteiger partial charge in [0.1, 0.15) is 0 Å². The number of hydrogen-bond acceptors (Lipinski definition) is 5. The van der Waals surface area contributed by atoms with Crippen LogP contribution in [-0.4, -0.2) is 39.3 Å². The Labute approximate surface area is 161 Å². The fourth-order valence-electron chi connectivity index (χ4n) is 2.78. The van der Waals surface area contributed by atoms with Gasteiger partial charge in [-0.25, -0.2) is 0 Å². The summed E-state index contributed by atoms with van der Waals surface area (Å²) in [7, 11) is 1.80. The minimum atomic E-state index is -0.522. The van der Waals surface area contributed by atoms with Crippen LogP contribution in [0.4, 0.5) is 11.4 Å². The number of carbonyl (C=O) groups is 3. The van der Waals surface area contributed by atoms with Crippen LogP contribution in [0.25, 0.3) is 0 Å². The number of carbonyl (C=O) groups excluding carboxylic acids is 3. The summed E-state index contributed by atoms with van der Waals surface area (Å²) in [5.41, 5.74) is 2.95. The smallest absolute Gasteiger partial charge is 0.243 e. The third-order valence-corrected chi connectivity index (χ3v) is 5.57. The topological polar surface area (TPSA) is 105 Å². The fourth-order valence-corrected chi connectivity index (χ4v) is 3.89. The summed E-state index contributed by atoms with van der Waals surface area (Å²) < 4.78 is 1.68. The molecule has 0 spiro atoms. The Kier molecular flexibility index (Phi) is 5.50. The van der Waals surface area contributed by atoms with E-state index in [-0.39, 0.29) is 30.7 Å². The molecule has 3 N–H and O–H groups in total. The van der Waals surface area contributed by atoms with Gasteiger partial charge < -0.3 is 16.0 Å². The number of hydrogen-bond donors (Lipinski definition) is 3. The SMILES string of the molecule is Cc1nn(C)c(C)c1NC(=O)CNC(=O)C[C@H]1Sc2ccccc2NC1=O. The molecule has 1 aromatic heterocycles. The average Bonchev–Trinajstić information content (AvgIpc) is 2.87. The number of nitrogens with one attached hydrogen (secondary N) is 3. The lowest BCUT2D eigenvalue weighted by atomic mass is 10.2. The highest BCUT2D eigenvalue weighted by atomic mass is 32.2. The van der Waals surface area contributed by atoms with Crippen molar-refractivity contribution in [1.82, 2.24) is 15.1 Å². The predicted molar refractivity (Wildman–Crippen MR) is 104 cm³/mol. The highest BCUT2D eigenvalue weighted by Crippen LogP contribution is 2.36. The predicted octanol–water partition coefficient (Wildman–Crippen LogP) is 1.59. The summed E-state index contributed by atoms with van der Waals surface area (Å²) in [5, 5.41) is 11.8. The lowest BCUT2D eigenvalue weighted by Gasteiger charge is -2.23. The Bertz CT molecular complexity index is 908. The number of aryl methyl sites for hydroxylation is 2. The molecular formula is C18H21N5O3S. The minimum absolute atomic E-state index is 0.00304. The van der Waals surface area contributed by atoms with Gasteiger partial charge in [0.05, 0.1) is 34.6 Å². The van der Waals surface area contributed by atoms with Gasteiger partial charge in [0, 0.05) is 18.4 Å². The van der Waals surface area contributed by atoms with Gasteiger partial charge in [-0.15, -0.1) is 11.8 Å². The zero-order valence-electron chi connectivity index (χ0n) is 15.3. The van der Waals surface area contributed by atoms with Gasteiger partial charge >= 0.3 is 0 Å². The number of benzene rings is 1. The quantitative estimate of drug-likeness (QED) is 0.723. The van der Waals surface area contributed by atoms with Crippen molar-refractivity contribution in [3.8, 4) is 0 Å². The van der Waals surface area contributed by atoms with E-state index < -0.39 is 5.25 Å². The van der Waals surface area contributed by atoms with Gasteiger partial charge in [-0.1, -0.05) is 12.1 Å². The number of rotatable bonds is 5. The van der Waals surface area contributed by atoms with Crippen LogP contribution >= 0.6 is 11.8 Å². The van der Waals surface area contributed by atoms with E-state index in [1.807, 2.05) is 31.2 Å². The maximum absolute atomic E-state index is 12.2. The van der Waals surface area contributed by atoms with Gasteiger partial charge in [-0.3, -0.25) is 19.1 Å². The standard InChI is InChI=1S/C18H21N5O3S/c1-10-17(11(2)23(3)22-10)21-16(25)9-19-15(24)8-14-18(26)20-12-6-4-5-7-13(12)27-14/h4-7,14H,8-9H2,1-3H3,(H,19,24)(H,20,26)(H,21,25)/t14-/m1/s1. The van der Waals surface area contributed by atoms with E-state index in [4.69, 9.17) is 0 Å². The second kappa shape index (κ2) is 7.83. The first-order valence-corrected chi connectivity index (χ1v) is 9.36. The van der Waals surface area contributed by atoms with Crippen molar-refractivity contribution in [2.24, 2.45) is 7.05 Å². The molecule has 1 aliphatic rings. The van der Waals surface area contributed by atoms with Crippen LogP contribution in [0.1, 0.15) is 17.8 Å². The Morgan fingerprint density at radius 2 is 2.00 bits per heavy atom. The summed E-state index contributed by atoms with van der Waals surface area (Å²) in [6.07, 6.45) is 0.00304. The first-order chi connectivity index (χ1) is 12.8. The Morgan fingerprint density at radius 1 is 1.26 bits per heavy atom. The summed E-state index contributed by atoms with van der Waals surface area (Å²) in [5.74, 6) is -0.898. The van der Waals surface area contributed by atoms with E-state index in [1.54, 1.807) is 18.7 Å². The second-order valence-electron chi connectivity index (χ2n) is 6.29. The number of anilines is 2. The van der Waals surface area contributed by atoms with Crippen LogP contribution in [0.5, 0.6) is 0 Å². The first kappa shape index (κ1) is 19.0. The molecule has 0 radical (unpaired) electrons.